The molecule has 7 fully saturated rings. The van der Waals surface area contributed by atoms with E-state index in [9.17, 15) is 36.1 Å². The van der Waals surface area contributed by atoms with Crippen LogP contribution in [0.25, 0.3) is 0 Å². The first-order valence-electron chi connectivity index (χ1n) is 11.8. The summed E-state index contributed by atoms with van der Waals surface area (Å²) < 4.78 is 75.0. The topological polar surface area (TPSA) is 136 Å². The van der Waals surface area contributed by atoms with E-state index in [2.05, 4.69) is 4.74 Å². The average Bonchev–Trinajstić information content (AvgIpc) is 3.34. The van der Waals surface area contributed by atoms with E-state index in [1.54, 1.807) is 0 Å². The van der Waals surface area contributed by atoms with Gasteiger partial charge in [0.1, 0.15) is 12.2 Å². The normalized spacial score (nSPS) is 46.0. The SMILES string of the molecule is O=C1OC2C3CC(C2OC(=O)C24CC5CC(CC(C5)C2)C4)C(C(=O)OCC(F)(F)S(=O)(=O)[O-])C13. The van der Waals surface area contributed by atoms with Crippen molar-refractivity contribution in [2.24, 2.45) is 46.8 Å². The Hall–Kier alpha value is -1.82. The first kappa shape index (κ1) is 22.6. The average molecular weight is 503 g/mol. The molecule has 7 rings (SSSR count). The van der Waals surface area contributed by atoms with Crippen molar-refractivity contribution < 1.29 is 50.3 Å². The molecule has 1 aliphatic heterocycles. The van der Waals surface area contributed by atoms with Crippen molar-refractivity contribution in [1.29, 1.82) is 0 Å². The third-order valence-electron chi connectivity index (χ3n) is 9.28. The van der Waals surface area contributed by atoms with Crippen LogP contribution in [0.4, 0.5) is 8.78 Å². The largest absolute Gasteiger partial charge is 0.743 e. The standard InChI is InChI=1S/C22H26F2O9S/c23-22(24,34(28,29)30)8-31-18(25)14-12-4-13-15(14)19(26)32-16(13)17(12)33-20(27)21-5-9-1-10(6-21)3-11(2-9)7-21/h9-17H,1-8H2,(H,28,29,30)/p-1. The van der Waals surface area contributed by atoms with E-state index in [0.29, 0.717) is 24.2 Å². The molecule has 12 heteroatoms. The molecule has 0 aromatic rings. The minimum atomic E-state index is -6.02. The second-order valence-corrected chi connectivity index (χ2v) is 12.8. The van der Waals surface area contributed by atoms with Crippen LogP contribution in [0.15, 0.2) is 0 Å². The Bertz CT molecular complexity index is 1020. The molecular weight excluding hydrogens is 478 g/mol. The lowest BCUT2D eigenvalue weighted by Gasteiger charge is -2.55. The highest BCUT2D eigenvalue weighted by atomic mass is 32.2. The van der Waals surface area contributed by atoms with Gasteiger partial charge in [0, 0.05) is 11.8 Å². The quantitative estimate of drug-likeness (QED) is 0.301. The molecule has 6 unspecified atom stereocenters. The molecule has 0 amide bonds. The van der Waals surface area contributed by atoms with Crippen LogP contribution < -0.4 is 0 Å². The van der Waals surface area contributed by atoms with Gasteiger partial charge in [-0.3, -0.25) is 14.4 Å². The summed E-state index contributed by atoms with van der Waals surface area (Å²) in [5.74, 6) is -3.89. The molecular formula is C22H25F2O9S-. The van der Waals surface area contributed by atoms with Gasteiger partial charge in [-0.05, 0) is 62.7 Å². The molecule has 188 valence electrons. The summed E-state index contributed by atoms with van der Waals surface area (Å²) in [5.41, 5.74) is -0.556. The van der Waals surface area contributed by atoms with E-state index in [1.165, 1.54) is 0 Å². The first-order valence-corrected chi connectivity index (χ1v) is 13.2. The number of carbonyl (C=O) groups excluding carboxylic acids is 3. The van der Waals surface area contributed by atoms with Crippen molar-refractivity contribution in [2.45, 2.75) is 62.4 Å². The lowest BCUT2D eigenvalue weighted by Crippen LogP contribution is -2.53. The van der Waals surface area contributed by atoms with Crippen LogP contribution in [0.2, 0.25) is 0 Å². The van der Waals surface area contributed by atoms with E-state index in [1.807, 2.05) is 0 Å². The minimum Gasteiger partial charge on any atom is -0.743 e. The van der Waals surface area contributed by atoms with Gasteiger partial charge in [-0.2, -0.15) is 8.78 Å². The molecule has 1 saturated heterocycles. The highest BCUT2D eigenvalue weighted by Gasteiger charge is 2.71. The number of alkyl halides is 2. The van der Waals surface area contributed by atoms with E-state index in [0.717, 1.165) is 38.5 Å². The fourth-order valence-corrected chi connectivity index (χ4v) is 8.60. The lowest BCUT2D eigenvalue weighted by atomic mass is 9.49. The monoisotopic (exact) mass is 503 g/mol. The van der Waals surface area contributed by atoms with Gasteiger partial charge in [-0.25, -0.2) is 8.42 Å². The number of carbonyl (C=O) groups is 3. The molecule has 0 radical (unpaired) electrons. The van der Waals surface area contributed by atoms with Gasteiger partial charge in [-0.15, -0.1) is 0 Å². The Balaban J connectivity index is 1.19. The lowest BCUT2D eigenvalue weighted by molar-refractivity contribution is -0.188. The van der Waals surface area contributed by atoms with Crippen molar-refractivity contribution in [1.82, 2.24) is 0 Å². The third-order valence-corrected chi connectivity index (χ3v) is 10.1. The summed E-state index contributed by atoms with van der Waals surface area (Å²) in [6, 6.07) is 0. The fourth-order valence-electron chi connectivity index (χ4n) is 8.40. The first-order chi connectivity index (χ1) is 15.9. The number of esters is 3. The van der Waals surface area contributed by atoms with E-state index >= 15 is 0 Å². The molecule has 6 bridgehead atoms. The second-order valence-electron chi connectivity index (χ2n) is 11.3. The summed E-state index contributed by atoms with van der Waals surface area (Å²) in [5, 5.41) is -4.79. The zero-order valence-corrected chi connectivity index (χ0v) is 19.0. The molecule has 0 aromatic heterocycles. The van der Waals surface area contributed by atoms with E-state index in [-0.39, 0.29) is 5.97 Å². The van der Waals surface area contributed by atoms with Crippen LogP contribution in [-0.2, 0) is 38.7 Å². The van der Waals surface area contributed by atoms with E-state index < -0.39 is 75.2 Å². The van der Waals surface area contributed by atoms with Crippen molar-refractivity contribution in [3.05, 3.63) is 0 Å². The maximum atomic E-state index is 13.5. The van der Waals surface area contributed by atoms with Crippen molar-refractivity contribution in [2.75, 3.05) is 6.61 Å². The summed E-state index contributed by atoms with van der Waals surface area (Å²) in [7, 11) is -6.02. The van der Waals surface area contributed by atoms with Crippen LogP contribution in [0.5, 0.6) is 0 Å². The molecule has 9 nitrogen and oxygen atoms in total. The Labute approximate surface area is 194 Å². The van der Waals surface area contributed by atoms with Gasteiger partial charge in [-0.1, -0.05) is 0 Å². The van der Waals surface area contributed by atoms with E-state index in [4.69, 9.17) is 9.47 Å². The predicted molar refractivity (Wildman–Crippen MR) is 105 cm³/mol. The van der Waals surface area contributed by atoms with Crippen LogP contribution in [0.3, 0.4) is 0 Å². The maximum absolute atomic E-state index is 13.5. The Morgan fingerprint density at radius 1 is 1.06 bits per heavy atom. The Kier molecular flexibility index (Phi) is 4.74. The van der Waals surface area contributed by atoms with Crippen LogP contribution >= 0.6 is 0 Å². The second kappa shape index (κ2) is 7.11. The number of rotatable bonds is 6. The number of hydrogen-bond acceptors (Lipinski definition) is 9. The summed E-state index contributed by atoms with van der Waals surface area (Å²) in [4.78, 5) is 38.6. The Morgan fingerprint density at radius 2 is 1.65 bits per heavy atom. The van der Waals surface area contributed by atoms with Gasteiger partial charge in [0.15, 0.2) is 16.7 Å². The highest BCUT2D eigenvalue weighted by molar-refractivity contribution is 7.86. The van der Waals surface area contributed by atoms with Gasteiger partial charge in [0.05, 0.1) is 17.3 Å². The number of ether oxygens (including phenoxy) is 3. The number of fused-ring (bicyclic) bond motifs is 1. The molecule has 0 aromatic carbocycles. The van der Waals surface area contributed by atoms with Crippen LogP contribution in [0, 0.1) is 46.8 Å². The van der Waals surface area contributed by atoms with Gasteiger partial charge < -0.3 is 18.8 Å². The van der Waals surface area contributed by atoms with Crippen molar-refractivity contribution >= 4 is 28.0 Å². The van der Waals surface area contributed by atoms with Crippen molar-refractivity contribution in [3.8, 4) is 0 Å². The number of halogens is 2. The molecule has 0 N–H and O–H groups in total. The number of hydrogen-bond donors (Lipinski definition) is 0. The third kappa shape index (κ3) is 3.16. The maximum Gasteiger partial charge on any atom is 0.367 e. The van der Waals surface area contributed by atoms with Crippen LogP contribution in [-0.4, -0.2) is 54.9 Å². The highest BCUT2D eigenvalue weighted by Crippen LogP contribution is 2.62. The molecule has 6 aliphatic carbocycles. The fraction of sp³-hybridized carbons (Fsp3) is 0.864. The van der Waals surface area contributed by atoms with Gasteiger partial charge in [0.25, 0.3) is 0 Å². The zero-order valence-electron chi connectivity index (χ0n) is 18.2. The Morgan fingerprint density at radius 3 is 2.21 bits per heavy atom. The zero-order chi connectivity index (χ0) is 24.2. The van der Waals surface area contributed by atoms with Gasteiger partial charge in [0.2, 0.25) is 0 Å². The molecule has 6 saturated carbocycles. The van der Waals surface area contributed by atoms with Gasteiger partial charge >= 0.3 is 23.2 Å². The molecule has 0 spiro atoms. The molecule has 6 atom stereocenters. The summed E-state index contributed by atoms with van der Waals surface area (Å²) in [6.45, 7) is -1.94. The molecule has 7 aliphatic rings. The summed E-state index contributed by atoms with van der Waals surface area (Å²) in [6.07, 6.45) is 4.50. The van der Waals surface area contributed by atoms with Crippen LogP contribution in [0.1, 0.15) is 44.9 Å². The molecule has 34 heavy (non-hydrogen) atoms. The minimum absolute atomic E-state index is 0.329. The summed E-state index contributed by atoms with van der Waals surface area (Å²) >= 11 is 0. The predicted octanol–water partition coefficient (Wildman–Crippen LogP) is 1.60. The van der Waals surface area contributed by atoms with Crippen molar-refractivity contribution in [3.63, 3.8) is 0 Å². The smallest absolute Gasteiger partial charge is 0.367 e. The molecule has 1 heterocycles.